The highest BCUT2D eigenvalue weighted by Crippen LogP contribution is 2.24. The van der Waals surface area contributed by atoms with Crippen LogP contribution in [0.2, 0.25) is 0 Å². The molecule has 0 spiro atoms. The van der Waals surface area contributed by atoms with Crippen molar-refractivity contribution >= 4 is 5.91 Å². The topological polar surface area (TPSA) is 43.1 Å². The van der Waals surface area contributed by atoms with E-state index in [1.165, 1.54) is 38.2 Å². The van der Waals surface area contributed by atoms with Gasteiger partial charge in [0.05, 0.1) is 0 Å². The van der Waals surface area contributed by atoms with Crippen molar-refractivity contribution in [2.75, 3.05) is 0 Å². The molecule has 0 aromatic rings. The smallest absolute Gasteiger partial charge is 0.241 e. The van der Waals surface area contributed by atoms with E-state index in [9.17, 15) is 4.79 Å². The molecule has 0 aromatic heterocycles. The molecule has 1 fully saturated rings. The van der Waals surface area contributed by atoms with Gasteiger partial charge in [-0.25, -0.2) is 0 Å². The molecule has 0 saturated heterocycles. The largest absolute Gasteiger partial charge is 0.366 e. The minimum absolute atomic E-state index is 0.324. The second-order valence-electron chi connectivity index (χ2n) is 3.16. The van der Waals surface area contributed by atoms with Crippen molar-refractivity contribution in [1.29, 1.82) is 0 Å². The summed E-state index contributed by atoms with van der Waals surface area (Å²) in [6.07, 6.45) is 9.85. The fraction of sp³-hybridized carbons (Fsp3) is 0.667. The second kappa shape index (κ2) is 4.16. The van der Waals surface area contributed by atoms with E-state index >= 15 is 0 Å². The first-order chi connectivity index (χ1) is 5.29. The van der Waals surface area contributed by atoms with Crippen LogP contribution in [0.25, 0.3) is 0 Å². The zero-order valence-electron chi connectivity index (χ0n) is 6.75. The number of nitrogens with two attached hydrogens (primary N) is 1. The first-order valence-electron chi connectivity index (χ1n) is 4.26. The average molecular weight is 153 g/mol. The summed E-state index contributed by atoms with van der Waals surface area (Å²) in [5, 5.41) is 0. The molecular weight excluding hydrogens is 138 g/mol. The number of rotatable bonds is 2. The Hall–Kier alpha value is -0.790. The van der Waals surface area contributed by atoms with Gasteiger partial charge in [-0.2, -0.15) is 0 Å². The number of hydrogen-bond acceptors (Lipinski definition) is 1. The van der Waals surface area contributed by atoms with Gasteiger partial charge in [-0.15, -0.1) is 0 Å². The van der Waals surface area contributed by atoms with Gasteiger partial charge in [-0.3, -0.25) is 4.79 Å². The van der Waals surface area contributed by atoms with Crippen molar-refractivity contribution in [2.45, 2.75) is 32.1 Å². The maximum Gasteiger partial charge on any atom is 0.241 e. The van der Waals surface area contributed by atoms with Gasteiger partial charge in [0.15, 0.2) is 0 Å². The third-order valence-electron chi connectivity index (χ3n) is 2.18. The predicted molar refractivity (Wildman–Crippen MR) is 44.9 cm³/mol. The van der Waals surface area contributed by atoms with Crippen LogP contribution in [0.1, 0.15) is 32.1 Å². The summed E-state index contributed by atoms with van der Waals surface area (Å²) >= 11 is 0. The molecule has 2 heteroatoms. The van der Waals surface area contributed by atoms with Gasteiger partial charge >= 0.3 is 0 Å². The van der Waals surface area contributed by atoms with Crippen molar-refractivity contribution in [3.05, 3.63) is 12.2 Å². The maximum atomic E-state index is 10.4. The second-order valence-corrected chi connectivity index (χ2v) is 3.16. The molecule has 1 rings (SSSR count). The molecular formula is C9H15NO. The third kappa shape index (κ3) is 3.21. The molecule has 2 nitrogen and oxygen atoms in total. The molecule has 62 valence electrons. The fourth-order valence-corrected chi connectivity index (χ4v) is 1.56. The third-order valence-corrected chi connectivity index (χ3v) is 2.18. The zero-order valence-corrected chi connectivity index (χ0v) is 6.75. The molecule has 0 radical (unpaired) electrons. The Balaban J connectivity index is 2.29. The summed E-state index contributed by atoms with van der Waals surface area (Å²) in [5.74, 6) is 0.284. The van der Waals surface area contributed by atoms with Crippen LogP contribution in [0.4, 0.5) is 0 Å². The van der Waals surface area contributed by atoms with Gasteiger partial charge in [-0.05, 0) is 24.8 Å². The maximum absolute atomic E-state index is 10.4. The van der Waals surface area contributed by atoms with Crippen LogP contribution in [0.15, 0.2) is 12.2 Å². The lowest BCUT2D eigenvalue weighted by Crippen LogP contribution is -2.08. The monoisotopic (exact) mass is 153 g/mol. The highest BCUT2D eigenvalue weighted by Gasteiger charge is 2.09. The molecule has 1 amide bonds. The average Bonchev–Trinajstić information content (AvgIpc) is 2.03. The number of hydrogen-bond donors (Lipinski definition) is 1. The van der Waals surface area contributed by atoms with E-state index in [4.69, 9.17) is 5.73 Å². The van der Waals surface area contributed by atoms with Gasteiger partial charge in [-0.1, -0.05) is 25.3 Å². The number of carbonyl (C=O) groups is 1. The van der Waals surface area contributed by atoms with Crippen LogP contribution in [-0.2, 0) is 4.79 Å². The van der Waals surface area contributed by atoms with E-state index < -0.39 is 0 Å². The normalized spacial score (nSPS) is 20.7. The minimum atomic E-state index is -0.324. The van der Waals surface area contributed by atoms with Crippen LogP contribution < -0.4 is 5.73 Å². The molecule has 0 atom stereocenters. The molecule has 11 heavy (non-hydrogen) atoms. The van der Waals surface area contributed by atoms with E-state index in [0.29, 0.717) is 5.92 Å². The van der Waals surface area contributed by atoms with Crippen LogP contribution in [0.3, 0.4) is 0 Å². The number of carbonyl (C=O) groups excluding carboxylic acids is 1. The molecule has 0 aliphatic heterocycles. The molecule has 0 heterocycles. The van der Waals surface area contributed by atoms with Gasteiger partial charge < -0.3 is 5.73 Å². The molecule has 0 unspecified atom stereocenters. The first kappa shape index (κ1) is 8.31. The molecule has 1 saturated carbocycles. The van der Waals surface area contributed by atoms with Gasteiger partial charge in [0.1, 0.15) is 0 Å². The lowest BCUT2D eigenvalue weighted by molar-refractivity contribution is -0.113. The van der Waals surface area contributed by atoms with E-state index in [1.54, 1.807) is 0 Å². The lowest BCUT2D eigenvalue weighted by atomic mass is 9.89. The Morgan fingerprint density at radius 1 is 1.27 bits per heavy atom. The quantitative estimate of drug-likeness (QED) is 0.602. The van der Waals surface area contributed by atoms with Crippen molar-refractivity contribution < 1.29 is 4.79 Å². The summed E-state index contributed by atoms with van der Waals surface area (Å²) in [7, 11) is 0. The van der Waals surface area contributed by atoms with Crippen molar-refractivity contribution in [3.63, 3.8) is 0 Å². The van der Waals surface area contributed by atoms with E-state index in [0.717, 1.165) is 0 Å². The van der Waals surface area contributed by atoms with E-state index in [2.05, 4.69) is 0 Å². The van der Waals surface area contributed by atoms with Crippen LogP contribution >= 0.6 is 0 Å². The molecule has 1 aliphatic carbocycles. The summed E-state index contributed by atoms with van der Waals surface area (Å²) in [5.41, 5.74) is 4.98. The number of primary amides is 1. The van der Waals surface area contributed by atoms with Crippen LogP contribution in [-0.4, -0.2) is 5.91 Å². The SMILES string of the molecule is NC(=O)C=CC1CCCCC1. The van der Waals surface area contributed by atoms with Crippen molar-refractivity contribution in [1.82, 2.24) is 0 Å². The summed E-state index contributed by atoms with van der Waals surface area (Å²) < 4.78 is 0. The number of allylic oxidation sites excluding steroid dienone is 1. The standard InChI is InChI=1S/C9H15NO/c10-9(11)7-6-8-4-2-1-3-5-8/h6-8H,1-5H2,(H2,10,11). The Kier molecular flexibility index (Phi) is 3.14. The molecule has 1 aliphatic rings. The van der Waals surface area contributed by atoms with E-state index in [-0.39, 0.29) is 5.91 Å². The highest BCUT2D eigenvalue weighted by atomic mass is 16.1. The zero-order chi connectivity index (χ0) is 8.10. The van der Waals surface area contributed by atoms with Crippen LogP contribution in [0.5, 0.6) is 0 Å². The molecule has 2 N–H and O–H groups in total. The number of amides is 1. The van der Waals surface area contributed by atoms with Gasteiger partial charge in [0, 0.05) is 0 Å². The molecule has 0 aromatic carbocycles. The minimum Gasteiger partial charge on any atom is -0.366 e. The van der Waals surface area contributed by atoms with E-state index in [1.807, 2.05) is 6.08 Å². The Labute approximate surface area is 67.5 Å². The first-order valence-corrected chi connectivity index (χ1v) is 4.26. The van der Waals surface area contributed by atoms with Gasteiger partial charge in [0.2, 0.25) is 5.91 Å². The highest BCUT2D eigenvalue weighted by molar-refractivity contribution is 5.85. The van der Waals surface area contributed by atoms with Gasteiger partial charge in [0.25, 0.3) is 0 Å². The van der Waals surface area contributed by atoms with Crippen molar-refractivity contribution in [3.8, 4) is 0 Å². The summed E-state index contributed by atoms with van der Waals surface area (Å²) in [6.45, 7) is 0. The predicted octanol–water partition coefficient (Wildman–Crippen LogP) is 1.61. The fourth-order valence-electron chi connectivity index (χ4n) is 1.56. The molecule has 0 bridgehead atoms. The van der Waals surface area contributed by atoms with Crippen molar-refractivity contribution in [2.24, 2.45) is 11.7 Å². The summed E-state index contributed by atoms with van der Waals surface area (Å²) in [6, 6.07) is 0. The lowest BCUT2D eigenvalue weighted by Gasteiger charge is -2.17. The van der Waals surface area contributed by atoms with Crippen LogP contribution in [0, 0.1) is 5.92 Å². The summed E-state index contributed by atoms with van der Waals surface area (Å²) in [4.78, 5) is 10.4. The Bertz CT molecular complexity index is 157. The Morgan fingerprint density at radius 3 is 2.45 bits per heavy atom. The Morgan fingerprint density at radius 2 is 1.91 bits per heavy atom.